The van der Waals surface area contributed by atoms with Gasteiger partial charge in [-0.25, -0.2) is 4.79 Å². The molecule has 3 rings (SSSR count). The second-order valence-corrected chi connectivity index (χ2v) is 5.41. The van der Waals surface area contributed by atoms with Gasteiger partial charge in [0, 0.05) is 13.1 Å². The summed E-state index contributed by atoms with van der Waals surface area (Å²) in [6.07, 6.45) is -4.77. The van der Waals surface area contributed by atoms with Crippen molar-refractivity contribution in [3.8, 4) is 5.69 Å². The molecule has 12 heteroatoms. The number of tetrazole rings is 1. The van der Waals surface area contributed by atoms with Gasteiger partial charge in [-0.05, 0) is 34.4 Å². The first-order valence-corrected chi connectivity index (χ1v) is 6.65. The van der Waals surface area contributed by atoms with Gasteiger partial charge in [0.2, 0.25) is 5.82 Å². The number of nitro groups is 1. The first-order valence-electron chi connectivity index (χ1n) is 6.65. The standard InChI is InChI=1S/C12H9F4N5O3/c1-19-11(22)20(18-17-19)9-4-10(21(23)24)8(13)3-6(9)5-2-7(5)12(14,15)16/h3-5,7H,2H2,1H3/t5?,7-/m0/s1. The molecule has 1 heterocycles. The fourth-order valence-electron chi connectivity index (χ4n) is 2.55. The Labute approximate surface area is 130 Å². The molecular weight excluding hydrogens is 338 g/mol. The number of halogens is 4. The van der Waals surface area contributed by atoms with E-state index in [9.17, 15) is 32.5 Å². The molecule has 24 heavy (non-hydrogen) atoms. The highest BCUT2D eigenvalue weighted by Gasteiger charge is 2.57. The lowest BCUT2D eigenvalue weighted by atomic mass is 10.0. The summed E-state index contributed by atoms with van der Waals surface area (Å²) in [5.41, 5.74) is -2.22. The summed E-state index contributed by atoms with van der Waals surface area (Å²) in [5.74, 6) is -4.06. The molecule has 0 aliphatic heterocycles. The minimum atomic E-state index is -4.48. The van der Waals surface area contributed by atoms with Crippen molar-refractivity contribution in [1.29, 1.82) is 0 Å². The zero-order valence-electron chi connectivity index (χ0n) is 12.0. The first kappa shape index (κ1) is 16.1. The van der Waals surface area contributed by atoms with Crippen molar-refractivity contribution in [2.24, 2.45) is 13.0 Å². The monoisotopic (exact) mass is 347 g/mol. The second kappa shape index (κ2) is 5.11. The molecule has 0 spiro atoms. The minimum absolute atomic E-state index is 0.164. The van der Waals surface area contributed by atoms with Crippen LogP contribution >= 0.6 is 0 Å². The molecule has 1 unspecified atom stereocenters. The fourth-order valence-corrected chi connectivity index (χ4v) is 2.55. The van der Waals surface area contributed by atoms with Gasteiger partial charge in [0.15, 0.2) is 0 Å². The van der Waals surface area contributed by atoms with Crippen molar-refractivity contribution >= 4 is 5.69 Å². The largest absolute Gasteiger partial charge is 0.392 e. The quantitative estimate of drug-likeness (QED) is 0.478. The van der Waals surface area contributed by atoms with Gasteiger partial charge < -0.3 is 0 Å². The average Bonchev–Trinajstić information content (AvgIpc) is 3.22. The Morgan fingerprint density at radius 1 is 1.33 bits per heavy atom. The third-order valence-electron chi connectivity index (χ3n) is 3.85. The van der Waals surface area contributed by atoms with E-state index in [4.69, 9.17) is 0 Å². The molecule has 1 saturated carbocycles. The van der Waals surface area contributed by atoms with Gasteiger partial charge in [-0.3, -0.25) is 10.1 Å². The smallest absolute Gasteiger partial charge is 0.258 e. The number of nitro benzene ring substituents is 1. The number of hydrogen-bond donors (Lipinski definition) is 0. The van der Waals surface area contributed by atoms with Crippen molar-refractivity contribution in [2.45, 2.75) is 18.5 Å². The Balaban J connectivity index is 2.18. The highest BCUT2D eigenvalue weighted by atomic mass is 19.4. The molecule has 128 valence electrons. The van der Waals surface area contributed by atoms with E-state index in [1.165, 1.54) is 7.05 Å². The van der Waals surface area contributed by atoms with Gasteiger partial charge in [0.05, 0.1) is 16.5 Å². The third-order valence-corrected chi connectivity index (χ3v) is 3.85. The van der Waals surface area contributed by atoms with Crippen LogP contribution in [0.15, 0.2) is 16.9 Å². The maximum Gasteiger partial charge on any atom is 0.392 e. The van der Waals surface area contributed by atoms with Crippen LogP contribution in [0.3, 0.4) is 0 Å². The molecule has 1 aliphatic rings. The van der Waals surface area contributed by atoms with Crippen molar-refractivity contribution < 1.29 is 22.5 Å². The zero-order valence-corrected chi connectivity index (χ0v) is 12.0. The fraction of sp³-hybridized carbons (Fsp3) is 0.417. The minimum Gasteiger partial charge on any atom is -0.258 e. The molecule has 1 aromatic carbocycles. The van der Waals surface area contributed by atoms with E-state index in [2.05, 4.69) is 10.4 Å². The molecule has 0 N–H and O–H groups in total. The lowest BCUT2D eigenvalue weighted by Crippen LogP contribution is -2.23. The van der Waals surface area contributed by atoms with E-state index in [0.29, 0.717) is 16.8 Å². The van der Waals surface area contributed by atoms with Crippen LogP contribution in [-0.2, 0) is 7.05 Å². The highest BCUT2D eigenvalue weighted by Crippen LogP contribution is 2.57. The van der Waals surface area contributed by atoms with Gasteiger partial charge in [-0.2, -0.15) is 26.9 Å². The van der Waals surface area contributed by atoms with Crippen LogP contribution in [0.2, 0.25) is 0 Å². The highest BCUT2D eigenvalue weighted by molar-refractivity contribution is 5.53. The maximum atomic E-state index is 13.9. The predicted molar refractivity (Wildman–Crippen MR) is 70.1 cm³/mol. The number of aryl methyl sites for hydroxylation is 1. The van der Waals surface area contributed by atoms with Crippen LogP contribution in [0.25, 0.3) is 5.69 Å². The summed E-state index contributed by atoms with van der Waals surface area (Å²) in [6.45, 7) is 0. The van der Waals surface area contributed by atoms with E-state index < -0.39 is 40.1 Å². The molecule has 1 aromatic heterocycles. The Hall–Kier alpha value is -2.79. The first-order chi connectivity index (χ1) is 11.1. The summed E-state index contributed by atoms with van der Waals surface area (Å²) in [7, 11) is 1.25. The molecular formula is C12H9F4N5O3. The number of nitrogens with zero attached hydrogens (tertiary/aromatic N) is 5. The van der Waals surface area contributed by atoms with Crippen LogP contribution in [0.4, 0.5) is 23.2 Å². The van der Waals surface area contributed by atoms with E-state index in [1.807, 2.05) is 0 Å². The van der Waals surface area contributed by atoms with Gasteiger partial charge in [-0.15, -0.1) is 0 Å². The van der Waals surface area contributed by atoms with Gasteiger partial charge in [-0.1, -0.05) is 0 Å². The van der Waals surface area contributed by atoms with Crippen LogP contribution in [0.5, 0.6) is 0 Å². The number of rotatable bonds is 3. The molecule has 0 radical (unpaired) electrons. The van der Waals surface area contributed by atoms with Gasteiger partial charge in [0.1, 0.15) is 0 Å². The molecule has 2 aromatic rings. The summed E-state index contributed by atoms with van der Waals surface area (Å²) in [4.78, 5) is 21.8. The second-order valence-electron chi connectivity index (χ2n) is 5.41. The lowest BCUT2D eigenvalue weighted by Gasteiger charge is -2.10. The van der Waals surface area contributed by atoms with Crippen LogP contribution in [-0.4, -0.2) is 30.9 Å². The normalized spacial score (nSPS) is 20.2. The van der Waals surface area contributed by atoms with E-state index in [0.717, 1.165) is 4.68 Å². The summed E-state index contributed by atoms with van der Waals surface area (Å²) in [5, 5.41) is 17.7. The summed E-state index contributed by atoms with van der Waals surface area (Å²) in [6, 6.07) is 1.36. The van der Waals surface area contributed by atoms with Crippen molar-refractivity contribution in [3.05, 3.63) is 44.1 Å². The number of aromatic nitrogens is 4. The molecule has 8 nitrogen and oxygen atoms in total. The van der Waals surface area contributed by atoms with E-state index in [-0.39, 0.29) is 17.7 Å². The third kappa shape index (κ3) is 2.53. The molecule has 1 aliphatic carbocycles. The van der Waals surface area contributed by atoms with Gasteiger partial charge >= 0.3 is 17.6 Å². The number of alkyl halides is 3. The lowest BCUT2D eigenvalue weighted by molar-refractivity contribution is -0.387. The Bertz CT molecular complexity index is 888. The van der Waals surface area contributed by atoms with Gasteiger partial charge in [0.25, 0.3) is 0 Å². The SMILES string of the molecule is Cn1nnn(-c2cc([N+](=O)[O-])c(F)cc2C2C[C@@H]2C(F)(F)F)c1=O. The topological polar surface area (TPSA) is 95.8 Å². The van der Waals surface area contributed by atoms with Crippen LogP contribution in [0, 0.1) is 21.8 Å². The molecule has 2 atom stereocenters. The number of hydrogen-bond acceptors (Lipinski definition) is 5. The number of benzene rings is 1. The van der Waals surface area contributed by atoms with Crippen molar-refractivity contribution in [2.75, 3.05) is 0 Å². The maximum absolute atomic E-state index is 13.9. The zero-order chi connectivity index (χ0) is 17.8. The molecule has 1 fully saturated rings. The van der Waals surface area contributed by atoms with E-state index in [1.54, 1.807) is 0 Å². The molecule has 0 amide bonds. The predicted octanol–water partition coefficient (Wildman–Crippen LogP) is 1.68. The Morgan fingerprint density at radius 3 is 2.46 bits per heavy atom. The Kier molecular flexibility index (Phi) is 3.42. The van der Waals surface area contributed by atoms with E-state index >= 15 is 0 Å². The Morgan fingerprint density at radius 2 is 2.00 bits per heavy atom. The van der Waals surface area contributed by atoms with Crippen molar-refractivity contribution in [3.63, 3.8) is 0 Å². The van der Waals surface area contributed by atoms with Crippen molar-refractivity contribution in [1.82, 2.24) is 19.8 Å². The van der Waals surface area contributed by atoms with Crippen LogP contribution < -0.4 is 5.69 Å². The molecule has 0 saturated heterocycles. The average molecular weight is 347 g/mol. The summed E-state index contributed by atoms with van der Waals surface area (Å²) >= 11 is 0. The summed E-state index contributed by atoms with van der Waals surface area (Å²) < 4.78 is 53.7. The van der Waals surface area contributed by atoms with Crippen LogP contribution in [0.1, 0.15) is 17.9 Å². The molecule has 0 bridgehead atoms.